The molecule has 0 aliphatic carbocycles. The number of nitrogens with zero attached hydrogens (tertiary/aromatic N) is 2. The molecule has 0 fully saturated rings. The number of hydrogen-bond donors (Lipinski definition) is 2. The average Bonchev–Trinajstić information content (AvgIpc) is 2.12. The molecule has 0 radical (unpaired) electrons. The van der Waals surface area contributed by atoms with E-state index in [0.717, 1.165) is 32.0 Å². The van der Waals surface area contributed by atoms with Crippen molar-refractivity contribution in [3.63, 3.8) is 0 Å². The highest BCUT2D eigenvalue weighted by atomic mass is 15.4. The summed E-state index contributed by atoms with van der Waals surface area (Å²) in [6, 6.07) is 0. The third-order valence-electron chi connectivity index (χ3n) is 1.68. The summed E-state index contributed by atoms with van der Waals surface area (Å²) in [6.45, 7) is 8.97. The molecule has 0 aromatic rings. The highest BCUT2D eigenvalue weighted by Gasteiger charge is 2.03. The van der Waals surface area contributed by atoms with E-state index in [2.05, 4.69) is 36.1 Å². The molecule has 4 nitrogen and oxygen atoms in total. The number of hydrazine groups is 1. The normalized spacial score (nSPS) is 11.5. The van der Waals surface area contributed by atoms with Crippen LogP contribution in [0.1, 0.15) is 27.2 Å². The minimum Gasteiger partial charge on any atom is -0.342 e. The lowest BCUT2D eigenvalue weighted by Gasteiger charge is -2.21. The van der Waals surface area contributed by atoms with Crippen LogP contribution in [0.3, 0.4) is 0 Å². The topological polar surface area (TPSA) is 53.6 Å². The summed E-state index contributed by atoms with van der Waals surface area (Å²) >= 11 is 0. The van der Waals surface area contributed by atoms with Gasteiger partial charge in [-0.3, -0.25) is 10.4 Å². The maximum atomic E-state index is 5.34. The zero-order valence-corrected chi connectivity index (χ0v) is 8.30. The molecule has 0 atom stereocenters. The van der Waals surface area contributed by atoms with Crippen molar-refractivity contribution in [1.82, 2.24) is 10.3 Å². The molecule has 0 saturated heterocycles. The Morgan fingerprint density at radius 1 is 1.33 bits per heavy atom. The van der Waals surface area contributed by atoms with Gasteiger partial charge in [-0.2, -0.15) is 0 Å². The van der Waals surface area contributed by atoms with Crippen LogP contribution in [0.15, 0.2) is 4.99 Å². The molecule has 72 valence electrons. The quantitative estimate of drug-likeness (QED) is 0.282. The number of nitrogens with two attached hydrogens (primary N) is 1. The Kier molecular flexibility index (Phi) is 6.47. The van der Waals surface area contributed by atoms with Crippen molar-refractivity contribution in [3.8, 4) is 0 Å². The van der Waals surface area contributed by atoms with Gasteiger partial charge >= 0.3 is 0 Å². The van der Waals surface area contributed by atoms with E-state index in [1.54, 1.807) is 0 Å². The van der Waals surface area contributed by atoms with Crippen LogP contribution in [-0.2, 0) is 0 Å². The Hall–Kier alpha value is -0.770. The largest absolute Gasteiger partial charge is 0.342 e. The molecule has 0 aliphatic rings. The molecule has 12 heavy (non-hydrogen) atoms. The van der Waals surface area contributed by atoms with Crippen LogP contribution in [0.5, 0.6) is 0 Å². The third-order valence-corrected chi connectivity index (χ3v) is 1.68. The molecule has 0 rings (SSSR count). The Balaban J connectivity index is 4.09. The minimum absolute atomic E-state index is 0.793. The van der Waals surface area contributed by atoms with Gasteiger partial charge in [-0.15, -0.1) is 0 Å². The van der Waals surface area contributed by atoms with Crippen LogP contribution in [-0.4, -0.2) is 30.5 Å². The van der Waals surface area contributed by atoms with Crippen molar-refractivity contribution in [3.05, 3.63) is 0 Å². The molecule has 4 heteroatoms. The van der Waals surface area contributed by atoms with Gasteiger partial charge in [0.15, 0.2) is 0 Å². The number of nitrogens with one attached hydrogen (secondary N) is 1. The van der Waals surface area contributed by atoms with Crippen LogP contribution in [0.4, 0.5) is 0 Å². The monoisotopic (exact) mass is 172 g/mol. The number of rotatable bonds is 4. The molecule has 0 amide bonds. The fourth-order valence-corrected chi connectivity index (χ4v) is 0.978. The van der Waals surface area contributed by atoms with Crippen LogP contribution >= 0.6 is 0 Å². The van der Waals surface area contributed by atoms with E-state index in [1.165, 1.54) is 0 Å². The van der Waals surface area contributed by atoms with Crippen LogP contribution in [0.25, 0.3) is 0 Å². The SMILES string of the molecule is CCCN=C(NN)N(CC)CC. The zero-order valence-electron chi connectivity index (χ0n) is 8.30. The first-order chi connectivity index (χ1) is 5.79. The second-order valence-corrected chi connectivity index (χ2v) is 2.52. The lowest BCUT2D eigenvalue weighted by molar-refractivity contribution is 0.445. The first kappa shape index (κ1) is 11.2. The summed E-state index contributed by atoms with van der Waals surface area (Å²) in [5.41, 5.74) is 2.61. The average molecular weight is 172 g/mol. The van der Waals surface area contributed by atoms with E-state index < -0.39 is 0 Å². The van der Waals surface area contributed by atoms with Crippen molar-refractivity contribution < 1.29 is 0 Å². The number of aliphatic imine (C=N–C) groups is 1. The van der Waals surface area contributed by atoms with Crippen LogP contribution in [0.2, 0.25) is 0 Å². The van der Waals surface area contributed by atoms with E-state index in [1.807, 2.05) is 0 Å². The van der Waals surface area contributed by atoms with Gasteiger partial charge in [0.1, 0.15) is 0 Å². The van der Waals surface area contributed by atoms with Gasteiger partial charge < -0.3 is 4.90 Å². The predicted octanol–water partition coefficient (Wildman–Crippen LogP) is 0.558. The maximum Gasteiger partial charge on any atom is 0.208 e. The molecule has 0 saturated carbocycles. The second kappa shape index (κ2) is 6.91. The minimum atomic E-state index is 0.793. The Morgan fingerprint density at radius 3 is 2.25 bits per heavy atom. The molecule has 0 bridgehead atoms. The molecule has 3 N–H and O–H groups in total. The molecule has 0 heterocycles. The summed E-state index contributed by atoms with van der Waals surface area (Å²) < 4.78 is 0. The Bertz CT molecular complexity index is 129. The Morgan fingerprint density at radius 2 is 1.92 bits per heavy atom. The number of guanidine groups is 1. The Labute approximate surface area is 74.8 Å². The maximum absolute atomic E-state index is 5.34. The van der Waals surface area contributed by atoms with Gasteiger partial charge in [-0.25, -0.2) is 5.84 Å². The van der Waals surface area contributed by atoms with E-state index in [9.17, 15) is 0 Å². The second-order valence-electron chi connectivity index (χ2n) is 2.52. The van der Waals surface area contributed by atoms with E-state index in [0.29, 0.717) is 0 Å². The van der Waals surface area contributed by atoms with Gasteiger partial charge in [0.25, 0.3) is 0 Å². The first-order valence-corrected chi connectivity index (χ1v) is 4.56. The van der Waals surface area contributed by atoms with Gasteiger partial charge in [-0.05, 0) is 20.3 Å². The molecule has 0 unspecified atom stereocenters. The van der Waals surface area contributed by atoms with Crippen molar-refractivity contribution >= 4 is 5.96 Å². The van der Waals surface area contributed by atoms with E-state index in [4.69, 9.17) is 5.84 Å². The fraction of sp³-hybridized carbons (Fsp3) is 0.875. The summed E-state index contributed by atoms with van der Waals surface area (Å²) in [5.74, 6) is 6.14. The molecule has 0 spiro atoms. The smallest absolute Gasteiger partial charge is 0.208 e. The third kappa shape index (κ3) is 3.57. The van der Waals surface area contributed by atoms with Crippen molar-refractivity contribution in [2.75, 3.05) is 19.6 Å². The summed E-state index contributed by atoms with van der Waals surface area (Å²) in [6.07, 6.45) is 1.05. The van der Waals surface area contributed by atoms with Crippen molar-refractivity contribution in [2.45, 2.75) is 27.2 Å². The fourth-order valence-electron chi connectivity index (χ4n) is 0.978. The first-order valence-electron chi connectivity index (χ1n) is 4.56. The molecule has 0 aliphatic heterocycles. The van der Waals surface area contributed by atoms with Crippen molar-refractivity contribution in [1.29, 1.82) is 0 Å². The molecular weight excluding hydrogens is 152 g/mol. The summed E-state index contributed by atoms with van der Waals surface area (Å²) in [4.78, 5) is 6.40. The standard InChI is InChI=1S/C8H20N4/c1-4-7-10-8(11-9)12(5-2)6-3/h4-7,9H2,1-3H3,(H,10,11). The van der Waals surface area contributed by atoms with E-state index in [-0.39, 0.29) is 0 Å². The predicted molar refractivity (Wildman–Crippen MR) is 52.8 cm³/mol. The van der Waals surface area contributed by atoms with Gasteiger partial charge in [0.2, 0.25) is 5.96 Å². The number of hydrogen-bond acceptors (Lipinski definition) is 2. The summed E-state index contributed by atoms with van der Waals surface area (Å²) in [7, 11) is 0. The lowest BCUT2D eigenvalue weighted by atomic mass is 10.5. The van der Waals surface area contributed by atoms with Gasteiger partial charge in [0.05, 0.1) is 0 Å². The van der Waals surface area contributed by atoms with Crippen LogP contribution in [0, 0.1) is 0 Å². The molecule has 0 aromatic heterocycles. The van der Waals surface area contributed by atoms with Crippen molar-refractivity contribution in [2.24, 2.45) is 10.8 Å². The molecular formula is C8H20N4. The molecule has 0 aromatic carbocycles. The zero-order chi connectivity index (χ0) is 9.40. The lowest BCUT2D eigenvalue weighted by Crippen LogP contribution is -2.44. The van der Waals surface area contributed by atoms with Crippen LogP contribution < -0.4 is 11.3 Å². The highest BCUT2D eigenvalue weighted by Crippen LogP contribution is 1.89. The van der Waals surface area contributed by atoms with Gasteiger partial charge in [-0.1, -0.05) is 6.92 Å². The van der Waals surface area contributed by atoms with Gasteiger partial charge in [0, 0.05) is 19.6 Å². The highest BCUT2D eigenvalue weighted by molar-refractivity contribution is 5.79. The summed E-state index contributed by atoms with van der Waals surface area (Å²) in [5, 5.41) is 0. The van der Waals surface area contributed by atoms with E-state index >= 15 is 0 Å².